The van der Waals surface area contributed by atoms with Gasteiger partial charge in [0.2, 0.25) is 5.91 Å². The van der Waals surface area contributed by atoms with Crippen LogP contribution in [-0.2, 0) is 20.8 Å². The zero-order valence-electron chi connectivity index (χ0n) is 31.6. The molecule has 3 amide bonds. The van der Waals surface area contributed by atoms with Gasteiger partial charge in [-0.05, 0) is 81.2 Å². The number of hydrogen-bond donors (Lipinski definition) is 4. The minimum absolute atomic E-state index is 0.0153. The van der Waals surface area contributed by atoms with Crippen molar-refractivity contribution in [1.82, 2.24) is 40.4 Å². The van der Waals surface area contributed by atoms with E-state index in [1.165, 1.54) is 7.11 Å². The standard InChI is InChI=1S/C40H52N8O5/c1-25(2)33(46-38(50)52-6)23-47-19-8-10-34(47)36-42-22-32(44-36)29-17-13-27(14-18-29)26-11-15-28(16-12-26)31-21-41-35(43-31)24-48-20-7-9-30(37(48)49)45-39(51)53-40(3,4)5/h11-18,21-22,25,30,33-34H,7-10,19-20,23-24H2,1-6H3,(H,41,43)(H,42,44)(H,45,51)(H,46,50)/t30-,33?,34?/m0/s1. The Labute approximate surface area is 311 Å². The molecule has 2 aromatic heterocycles. The van der Waals surface area contributed by atoms with Crippen LogP contribution in [-0.4, -0.2) is 92.3 Å². The lowest BCUT2D eigenvalue weighted by Crippen LogP contribution is -2.52. The fraction of sp³-hybridized carbons (Fsp3) is 0.475. The highest BCUT2D eigenvalue weighted by molar-refractivity contribution is 5.86. The Balaban J connectivity index is 1.05. The largest absolute Gasteiger partial charge is 0.453 e. The Morgan fingerprint density at radius 3 is 2.09 bits per heavy atom. The first-order valence-electron chi connectivity index (χ1n) is 18.5. The minimum atomic E-state index is -0.633. The molecule has 0 radical (unpaired) electrons. The number of benzene rings is 2. The van der Waals surface area contributed by atoms with E-state index < -0.39 is 23.8 Å². The van der Waals surface area contributed by atoms with Gasteiger partial charge in [0, 0.05) is 19.1 Å². The van der Waals surface area contributed by atoms with Crippen LogP contribution in [0.15, 0.2) is 60.9 Å². The molecule has 13 nitrogen and oxygen atoms in total. The average Bonchev–Trinajstić information content (AvgIpc) is 3.91. The van der Waals surface area contributed by atoms with Crippen molar-refractivity contribution in [2.24, 2.45) is 5.92 Å². The van der Waals surface area contributed by atoms with E-state index in [-0.39, 0.29) is 23.9 Å². The summed E-state index contributed by atoms with van der Waals surface area (Å²) in [4.78, 5) is 57.7. The molecule has 0 bridgehead atoms. The summed E-state index contributed by atoms with van der Waals surface area (Å²) < 4.78 is 10.2. The average molecular weight is 725 g/mol. The molecule has 0 saturated carbocycles. The van der Waals surface area contributed by atoms with Crippen LogP contribution in [0.5, 0.6) is 0 Å². The molecule has 2 aliphatic heterocycles. The Morgan fingerprint density at radius 1 is 0.868 bits per heavy atom. The maximum Gasteiger partial charge on any atom is 0.408 e. The molecule has 13 heteroatoms. The first-order chi connectivity index (χ1) is 25.4. The highest BCUT2D eigenvalue weighted by Gasteiger charge is 2.33. The molecule has 4 heterocycles. The van der Waals surface area contributed by atoms with Crippen LogP contribution in [0.1, 0.15) is 78.0 Å². The molecule has 53 heavy (non-hydrogen) atoms. The summed E-state index contributed by atoms with van der Waals surface area (Å²) in [5.74, 6) is 1.77. The van der Waals surface area contributed by atoms with Crippen LogP contribution in [0.3, 0.4) is 0 Å². The molecule has 4 aromatic rings. The Morgan fingerprint density at radius 2 is 1.47 bits per heavy atom. The van der Waals surface area contributed by atoms with Crippen molar-refractivity contribution in [1.29, 1.82) is 0 Å². The number of hydrogen-bond acceptors (Lipinski definition) is 8. The molecule has 3 atom stereocenters. The second kappa shape index (κ2) is 16.2. The first kappa shape index (κ1) is 37.6. The van der Waals surface area contributed by atoms with Crippen molar-refractivity contribution in [3.8, 4) is 33.6 Å². The van der Waals surface area contributed by atoms with Gasteiger partial charge in [-0.3, -0.25) is 9.69 Å². The monoisotopic (exact) mass is 724 g/mol. The number of carbonyl (C=O) groups excluding carboxylic acids is 3. The fourth-order valence-electron chi connectivity index (χ4n) is 7.03. The van der Waals surface area contributed by atoms with Gasteiger partial charge in [0.1, 0.15) is 23.3 Å². The van der Waals surface area contributed by atoms with Gasteiger partial charge in [-0.25, -0.2) is 19.6 Å². The van der Waals surface area contributed by atoms with Crippen LogP contribution in [0.25, 0.3) is 33.6 Å². The summed E-state index contributed by atoms with van der Waals surface area (Å²) in [6.07, 6.45) is 6.16. The van der Waals surface area contributed by atoms with E-state index in [0.29, 0.717) is 25.3 Å². The number of piperidine rings is 1. The third-order valence-electron chi connectivity index (χ3n) is 9.92. The van der Waals surface area contributed by atoms with E-state index in [1.54, 1.807) is 31.9 Å². The first-order valence-corrected chi connectivity index (χ1v) is 18.5. The number of amides is 3. The van der Waals surface area contributed by atoms with Crippen molar-refractivity contribution >= 4 is 18.1 Å². The molecule has 282 valence electrons. The van der Waals surface area contributed by atoms with Crippen molar-refractivity contribution in [3.05, 3.63) is 72.6 Å². The molecule has 2 aromatic carbocycles. The molecule has 2 saturated heterocycles. The summed E-state index contributed by atoms with van der Waals surface area (Å²) in [7, 11) is 1.39. The van der Waals surface area contributed by atoms with Crippen LogP contribution in [0.2, 0.25) is 0 Å². The summed E-state index contributed by atoms with van der Waals surface area (Å²) >= 11 is 0. The number of likely N-dealkylation sites (tertiary alicyclic amines) is 2. The van der Waals surface area contributed by atoms with Gasteiger partial charge >= 0.3 is 12.2 Å². The minimum Gasteiger partial charge on any atom is -0.453 e. The van der Waals surface area contributed by atoms with Gasteiger partial charge in [-0.1, -0.05) is 62.4 Å². The van der Waals surface area contributed by atoms with E-state index in [4.69, 9.17) is 14.5 Å². The van der Waals surface area contributed by atoms with Crippen LogP contribution >= 0.6 is 0 Å². The van der Waals surface area contributed by atoms with Crippen molar-refractivity contribution in [2.75, 3.05) is 26.7 Å². The Hall–Kier alpha value is -5.17. The van der Waals surface area contributed by atoms with Crippen molar-refractivity contribution in [3.63, 3.8) is 0 Å². The molecule has 2 aliphatic rings. The molecule has 0 aliphatic carbocycles. The number of ether oxygens (including phenoxy) is 2. The zero-order valence-corrected chi connectivity index (χ0v) is 31.6. The lowest BCUT2D eigenvalue weighted by Gasteiger charge is -2.32. The number of alkyl carbamates (subject to hydrolysis) is 2. The second-order valence-electron chi connectivity index (χ2n) is 15.3. The molecule has 2 unspecified atom stereocenters. The summed E-state index contributed by atoms with van der Waals surface area (Å²) in [5.41, 5.74) is 5.45. The maximum atomic E-state index is 13.1. The van der Waals surface area contributed by atoms with Crippen molar-refractivity contribution in [2.45, 2.75) is 90.6 Å². The zero-order chi connectivity index (χ0) is 37.7. The number of methoxy groups -OCH3 is 1. The number of H-pyrrole nitrogens is 2. The van der Waals surface area contributed by atoms with Gasteiger partial charge in [0.05, 0.1) is 43.5 Å². The molecular weight excluding hydrogens is 672 g/mol. The highest BCUT2D eigenvalue weighted by atomic mass is 16.6. The molecular formula is C40H52N8O5. The normalized spacial score (nSPS) is 18.6. The number of carbonyl (C=O) groups is 3. The smallest absolute Gasteiger partial charge is 0.408 e. The third kappa shape index (κ3) is 9.44. The number of aromatic nitrogens is 4. The summed E-state index contributed by atoms with van der Waals surface area (Å²) in [6.45, 7) is 12.2. The predicted molar refractivity (Wildman–Crippen MR) is 203 cm³/mol. The second-order valence-corrected chi connectivity index (χ2v) is 15.3. The van der Waals surface area contributed by atoms with Crippen LogP contribution in [0.4, 0.5) is 9.59 Å². The molecule has 2 fully saturated rings. The molecule has 6 rings (SSSR count). The van der Waals surface area contributed by atoms with E-state index in [2.05, 4.69) is 92.9 Å². The van der Waals surface area contributed by atoms with Gasteiger partial charge in [-0.15, -0.1) is 0 Å². The van der Waals surface area contributed by atoms with Gasteiger partial charge in [0.15, 0.2) is 0 Å². The number of nitrogens with zero attached hydrogens (tertiary/aromatic N) is 4. The quantitative estimate of drug-likeness (QED) is 0.134. The topological polar surface area (TPSA) is 158 Å². The van der Waals surface area contributed by atoms with Gasteiger partial charge < -0.3 is 35.0 Å². The van der Waals surface area contributed by atoms with E-state index in [1.807, 2.05) is 6.20 Å². The van der Waals surface area contributed by atoms with Crippen molar-refractivity contribution < 1.29 is 23.9 Å². The van der Waals surface area contributed by atoms with E-state index >= 15 is 0 Å². The Bertz CT molecular complexity index is 1860. The third-order valence-corrected chi connectivity index (χ3v) is 9.92. The summed E-state index contributed by atoms with van der Waals surface area (Å²) in [5, 5.41) is 5.72. The molecule has 0 spiro atoms. The van der Waals surface area contributed by atoms with Crippen LogP contribution in [0, 0.1) is 5.92 Å². The number of rotatable bonds is 11. The van der Waals surface area contributed by atoms with E-state index in [0.717, 1.165) is 71.8 Å². The number of nitrogens with one attached hydrogen (secondary N) is 4. The number of aromatic amines is 2. The Kier molecular flexibility index (Phi) is 11.5. The van der Waals surface area contributed by atoms with Gasteiger partial charge in [0.25, 0.3) is 0 Å². The number of imidazole rings is 2. The van der Waals surface area contributed by atoms with Gasteiger partial charge in [-0.2, -0.15) is 0 Å². The fourth-order valence-corrected chi connectivity index (χ4v) is 7.03. The summed E-state index contributed by atoms with van der Waals surface area (Å²) in [6, 6.07) is 16.3. The highest BCUT2D eigenvalue weighted by Crippen LogP contribution is 2.33. The predicted octanol–water partition coefficient (Wildman–Crippen LogP) is 6.67. The lowest BCUT2D eigenvalue weighted by atomic mass is 10.0. The van der Waals surface area contributed by atoms with E-state index in [9.17, 15) is 14.4 Å². The van der Waals surface area contributed by atoms with Crippen LogP contribution < -0.4 is 10.6 Å². The SMILES string of the molecule is COC(=O)NC(CN1CCCC1c1ncc(-c2ccc(-c3ccc(-c4cnc(CN5CCC[C@H](NC(=O)OC(C)(C)C)C5=O)[nH]4)cc3)cc2)[nH]1)C(C)C. The maximum absolute atomic E-state index is 13.1. The molecule has 4 N–H and O–H groups in total. The lowest BCUT2D eigenvalue weighted by molar-refractivity contribution is -0.136.